The summed E-state index contributed by atoms with van der Waals surface area (Å²) in [5.74, 6) is 2.38. The Balaban J connectivity index is 2.58. The van der Waals surface area contributed by atoms with Crippen molar-refractivity contribution in [3.63, 3.8) is 0 Å². The van der Waals surface area contributed by atoms with Gasteiger partial charge >= 0.3 is 0 Å². The van der Waals surface area contributed by atoms with E-state index in [1.54, 1.807) is 0 Å². The molecule has 1 fully saturated rings. The van der Waals surface area contributed by atoms with Gasteiger partial charge in [-0.05, 0) is 12.8 Å². The molecule has 0 aromatic heterocycles. The molecule has 0 saturated heterocycles. The van der Waals surface area contributed by atoms with Crippen LogP contribution in [-0.4, -0.2) is 11.3 Å². The van der Waals surface area contributed by atoms with E-state index in [4.69, 9.17) is 12.2 Å². The van der Waals surface area contributed by atoms with Gasteiger partial charge in [-0.1, -0.05) is 18.8 Å². The van der Waals surface area contributed by atoms with Crippen molar-refractivity contribution in [3.8, 4) is 12.3 Å². The van der Waals surface area contributed by atoms with Gasteiger partial charge in [0.25, 0.3) is 0 Å². The standard InChI is InChI=1S/C9H13NO/c1-2-5-8(11)9(10)6-3-4-7-9/h1H,3-7,10H2. The fourth-order valence-electron chi connectivity index (χ4n) is 1.55. The van der Waals surface area contributed by atoms with E-state index >= 15 is 0 Å². The number of terminal acetylenes is 1. The van der Waals surface area contributed by atoms with Gasteiger partial charge in [-0.3, -0.25) is 4.79 Å². The van der Waals surface area contributed by atoms with E-state index in [2.05, 4.69) is 5.92 Å². The number of hydrogen-bond acceptors (Lipinski definition) is 2. The summed E-state index contributed by atoms with van der Waals surface area (Å²) in [5.41, 5.74) is 5.27. The van der Waals surface area contributed by atoms with Crippen LogP contribution in [0.4, 0.5) is 0 Å². The molecule has 0 spiro atoms. The Hall–Kier alpha value is -0.810. The molecule has 2 N–H and O–H groups in total. The van der Waals surface area contributed by atoms with Crippen molar-refractivity contribution in [2.45, 2.75) is 37.6 Å². The summed E-state index contributed by atoms with van der Waals surface area (Å²) in [6.45, 7) is 0. The van der Waals surface area contributed by atoms with Crippen LogP contribution in [0.3, 0.4) is 0 Å². The monoisotopic (exact) mass is 151 g/mol. The van der Waals surface area contributed by atoms with Gasteiger partial charge in [-0.15, -0.1) is 6.42 Å². The third-order valence-corrected chi connectivity index (χ3v) is 2.31. The highest BCUT2D eigenvalue weighted by molar-refractivity contribution is 5.90. The summed E-state index contributed by atoms with van der Waals surface area (Å²) in [6.07, 6.45) is 8.97. The molecular formula is C9H13NO. The minimum absolute atomic E-state index is 0.0394. The van der Waals surface area contributed by atoms with Crippen LogP contribution in [0, 0.1) is 12.3 Å². The first-order valence-electron chi connectivity index (χ1n) is 3.95. The highest BCUT2D eigenvalue weighted by atomic mass is 16.1. The molecule has 0 aliphatic heterocycles. The number of carbonyl (C=O) groups is 1. The Kier molecular flexibility index (Phi) is 2.31. The molecule has 0 aromatic rings. The van der Waals surface area contributed by atoms with Gasteiger partial charge in [0.05, 0.1) is 12.0 Å². The van der Waals surface area contributed by atoms with E-state index in [0.717, 1.165) is 25.7 Å². The molecule has 1 saturated carbocycles. The molecule has 0 heterocycles. The van der Waals surface area contributed by atoms with Gasteiger partial charge in [-0.25, -0.2) is 0 Å². The minimum atomic E-state index is -0.577. The number of carbonyl (C=O) groups excluding carboxylic acids is 1. The van der Waals surface area contributed by atoms with E-state index < -0.39 is 5.54 Å². The van der Waals surface area contributed by atoms with Gasteiger partial charge in [0.1, 0.15) is 0 Å². The predicted molar refractivity (Wildman–Crippen MR) is 43.8 cm³/mol. The summed E-state index contributed by atoms with van der Waals surface area (Å²) in [6, 6.07) is 0. The Morgan fingerprint density at radius 2 is 2.09 bits per heavy atom. The summed E-state index contributed by atoms with van der Waals surface area (Å²) in [7, 11) is 0. The van der Waals surface area contributed by atoms with Crippen molar-refractivity contribution in [2.75, 3.05) is 0 Å². The van der Waals surface area contributed by atoms with Crippen molar-refractivity contribution in [1.82, 2.24) is 0 Å². The maximum atomic E-state index is 11.3. The average molecular weight is 151 g/mol. The third kappa shape index (κ3) is 1.61. The fourth-order valence-corrected chi connectivity index (χ4v) is 1.55. The van der Waals surface area contributed by atoms with Crippen LogP contribution in [0.25, 0.3) is 0 Å². The van der Waals surface area contributed by atoms with Gasteiger partial charge in [0, 0.05) is 0 Å². The first-order valence-corrected chi connectivity index (χ1v) is 3.95. The number of rotatable bonds is 2. The van der Waals surface area contributed by atoms with Gasteiger partial charge in [0.15, 0.2) is 5.78 Å². The smallest absolute Gasteiger partial charge is 0.164 e. The molecule has 1 rings (SSSR count). The van der Waals surface area contributed by atoms with Crippen molar-refractivity contribution in [2.24, 2.45) is 5.73 Å². The van der Waals surface area contributed by atoms with E-state index in [1.807, 2.05) is 0 Å². The maximum absolute atomic E-state index is 11.3. The van der Waals surface area contributed by atoms with Crippen LogP contribution in [-0.2, 0) is 4.79 Å². The summed E-state index contributed by atoms with van der Waals surface area (Å²) < 4.78 is 0. The zero-order chi connectivity index (χ0) is 8.32. The zero-order valence-electron chi connectivity index (χ0n) is 6.60. The van der Waals surface area contributed by atoms with Crippen molar-refractivity contribution < 1.29 is 4.79 Å². The third-order valence-electron chi connectivity index (χ3n) is 2.31. The summed E-state index contributed by atoms with van der Waals surface area (Å²) in [4.78, 5) is 11.3. The van der Waals surface area contributed by atoms with Gasteiger partial charge in [0.2, 0.25) is 0 Å². The second kappa shape index (κ2) is 3.06. The summed E-state index contributed by atoms with van der Waals surface area (Å²) in [5, 5.41) is 0. The van der Waals surface area contributed by atoms with Crippen LogP contribution < -0.4 is 5.73 Å². The minimum Gasteiger partial charge on any atom is -0.319 e. The van der Waals surface area contributed by atoms with Crippen molar-refractivity contribution in [1.29, 1.82) is 0 Å². The van der Waals surface area contributed by atoms with Crippen molar-refractivity contribution >= 4 is 5.78 Å². The molecule has 0 amide bonds. The Morgan fingerprint density at radius 1 is 1.55 bits per heavy atom. The second-order valence-corrected chi connectivity index (χ2v) is 3.17. The molecule has 0 unspecified atom stereocenters. The first-order chi connectivity index (χ1) is 5.19. The average Bonchev–Trinajstić information content (AvgIpc) is 2.38. The van der Waals surface area contributed by atoms with Crippen molar-refractivity contribution in [3.05, 3.63) is 0 Å². The quantitative estimate of drug-likeness (QED) is 0.594. The predicted octanol–water partition coefficient (Wildman–Crippen LogP) is 0.850. The number of Topliss-reactive ketones (excluding diaryl/α,β-unsaturated/α-hetero) is 1. The second-order valence-electron chi connectivity index (χ2n) is 3.17. The fraction of sp³-hybridized carbons (Fsp3) is 0.667. The van der Waals surface area contributed by atoms with Crippen LogP contribution in [0.1, 0.15) is 32.1 Å². The number of nitrogens with two attached hydrogens (primary N) is 1. The van der Waals surface area contributed by atoms with Crippen LogP contribution in [0.15, 0.2) is 0 Å². The lowest BCUT2D eigenvalue weighted by Crippen LogP contribution is -2.44. The Labute approximate surface area is 67.2 Å². The highest BCUT2D eigenvalue weighted by Gasteiger charge is 2.35. The molecule has 1 aliphatic rings. The van der Waals surface area contributed by atoms with E-state index in [9.17, 15) is 4.79 Å². The largest absolute Gasteiger partial charge is 0.319 e. The molecule has 2 nitrogen and oxygen atoms in total. The molecule has 11 heavy (non-hydrogen) atoms. The Morgan fingerprint density at radius 3 is 2.55 bits per heavy atom. The molecule has 60 valence electrons. The van der Waals surface area contributed by atoms with Crippen LogP contribution in [0.2, 0.25) is 0 Å². The topological polar surface area (TPSA) is 43.1 Å². The lowest BCUT2D eigenvalue weighted by Gasteiger charge is -2.19. The maximum Gasteiger partial charge on any atom is 0.164 e. The Bertz CT molecular complexity index is 196. The zero-order valence-corrected chi connectivity index (χ0v) is 6.60. The van der Waals surface area contributed by atoms with Crippen LogP contribution in [0.5, 0.6) is 0 Å². The molecular weight excluding hydrogens is 138 g/mol. The first kappa shape index (κ1) is 8.29. The molecule has 0 aromatic carbocycles. The molecule has 2 heteroatoms. The number of hydrogen-bond donors (Lipinski definition) is 1. The molecule has 0 radical (unpaired) electrons. The molecule has 0 atom stereocenters. The summed E-state index contributed by atoms with van der Waals surface area (Å²) >= 11 is 0. The molecule has 1 aliphatic carbocycles. The van der Waals surface area contributed by atoms with E-state index in [1.165, 1.54) is 0 Å². The van der Waals surface area contributed by atoms with E-state index in [0.29, 0.717) is 0 Å². The van der Waals surface area contributed by atoms with Crippen LogP contribution >= 0.6 is 0 Å². The van der Waals surface area contributed by atoms with E-state index in [-0.39, 0.29) is 12.2 Å². The lowest BCUT2D eigenvalue weighted by atomic mass is 9.92. The molecule has 0 bridgehead atoms. The normalized spacial score (nSPS) is 21.1. The lowest BCUT2D eigenvalue weighted by molar-refractivity contribution is -0.123. The van der Waals surface area contributed by atoms with Gasteiger partial charge < -0.3 is 5.73 Å². The number of ketones is 1. The van der Waals surface area contributed by atoms with Gasteiger partial charge in [-0.2, -0.15) is 0 Å². The highest BCUT2D eigenvalue weighted by Crippen LogP contribution is 2.28. The SMILES string of the molecule is C#CCC(=O)C1(N)CCCC1.